The third-order valence-corrected chi connectivity index (χ3v) is 6.21. The van der Waals surface area contributed by atoms with E-state index in [1.807, 2.05) is 4.68 Å². The van der Waals surface area contributed by atoms with Gasteiger partial charge in [0.2, 0.25) is 0 Å². The highest BCUT2D eigenvalue weighted by Gasteiger charge is 2.25. The van der Waals surface area contributed by atoms with Crippen molar-refractivity contribution >= 4 is 0 Å². The van der Waals surface area contributed by atoms with Crippen molar-refractivity contribution in [1.29, 1.82) is 0 Å². The maximum absolute atomic E-state index is 4.33. The molecule has 0 saturated carbocycles. The van der Waals surface area contributed by atoms with Gasteiger partial charge in [0, 0.05) is 19.1 Å². The van der Waals surface area contributed by atoms with Gasteiger partial charge in [0.25, 0.3) is 0 Å². The van der Waals surface area contributed by atoms with Crippen LogP contribution in [0.5, 0.6) is 0 Å². The molecule has 2 fully saturated rings. The van der Waals surface area contributed by atoms with Gasteiger partial charge in [-0.05, 0) is 89.9 Å². The van der Waals surface area contributed by atoms with Crippen LogP contribution in [0.4, 0.5) is 0 Å². The van der Waals surface area contributed by atoms with Gasteiger partial charge in [-0.2, -0.15) is 0 Å². The Morgan fingerprint density at radius 2 is 1.54 bits per heavy atom. The van der Waals surface area contributed by atoms with Crippen molar-refractivity contribution in [2.45, 2.75) is 72.4 Å². The zero-order chi connectivity index (χ0) is 18.5. The molecular weight excluding hydrogens is 322 g/mol. The Labute approximate surface area is 160 Å². The highest BCUT2D eigenvalue weighted by molar-refractivity contribution is 4.94. The Kier molecular flexibility index (Phi) is 7.10. The zero-order valence-electron chi connectivity index (χ0n) is 17.4. The average molecular weight is 362 g/mol. The molecule has 0 bridgehead atoms. The second-order valence-electron chi connectivity index (χ2n) is 9.38. The van der Waals surface area contributed by atoms with Gasteiger partial charge in [-0.3, -0.25) is 4.90 Å². The summed E-state index contributed by atoms with van der Waals surface area (Å²) in [5.74, 6) is 2.73. The highest BCUT2D eigenvalue weighted by Crippen LogP contribution is 2.26. The van der Waals surface area contributed by atoms with E-state index in [-0.39, 0.29) is 0 Å². The Bertz CT molecular complexity index is 522. The molecule has 5 heteroatoms. The standard InChI is InChI=1S/C21H39N5/c1-17(2)13-19-5-9-24(10-6-19)14-20-7-11-25(12-8-20)15-21-16-26(18(3)4)23-22-21/h16-20H,5-15H2,1-4H3. The lowest BCUT2D eigenvalue weighted by Crippen LogP contribution is -2.41. The molecule has 1 aromatic rings. The van der Waals surface area contributed by atoms with Crippen LogP contribution < -0.4 is 0 Å². The molecule has 148 valence electrons. The monoisotopic (exact) mass is 361 g/mol. The third-order valence-electron chi connectivity index (χ3n) is 6.21. The van der Waals surface area contributed by atoms with E-state index in [1.165, 1.54) is 64.8 Å². The Morgan fingerprint density at radius 3 is 2.12 bits per heavy atom. The second-order valence-corrected chi connectivity index (χ2v) is 9.38. The summed E-state index contributed by atoms with van der Waals surface area (Å²) in [4.78, 5) is 5.30. The normalized spacial score (nSPS) is 21.9. The average Bonchev–Trinajstić information content (AvgIpc) is 3.07. The molecule has 3 rings (SSSR count). The molecule has 0 aliphatic carbocycles. The van der Waals surface area contributed by atoms with Crippen molar-refractivity contribution in [2.75, 3.05) is 32.7 Å². The predicted octanol–water partition coefficient (Wildman–Crippen LogP) is 3.83. The largest absolute Gasteiger partial charge is 0.303 e. The molecule has 2 aliphatic rings. The van der Waals surface area contributed by atoms with Gasteiger partial charge in [-0.25, -0.2) is 4.68 Å². The molecule has 0 atom stereocenters. The molecule has 2 aliphatic heterocycles. The number of hydrogen-bond donors (Lipinski definition) is 0. The number of hydrogen-bond acceptors (Lipinski definition) is 4. The first-order chi connectivity index (χ1) is 12.5. The number of likely N-dealkylation sites (tertiary alicyclic amines) is 2. The fourth-order valence-electron chi connectivity index (χ4n) is 4.63. The van der Waals surface area contributed by atoms with Crippen molar-refractivity contribution in [2.24, 2.45) is 17.8 Å². The second kappa shape index (κ2) is 9.32. The maximum atomic E-state index is 4.33. The number of piperidine rings is 2. The van der Waals surface area contributed by atoms with Crippen LogP contribution >= 0.6 is 0 Å². The van der Waals surface area contributed by atoms with Crippen LogP contribution in [-0.2, 0) is 6.54 Å². The van der Waals surface area contributed by atoms with Crippen molar-refractivity contribution in [3.8, 4) is 0 Å². The van der Waals surface area contributed by atoms with Gasteiger partial charge < -0.3 is 4.90 Å². The van der Waals surface area contributed by atoms with Gasteiger partial charge in [0.05, 0.1) is 11.9 Å². The van der Waals surface area contributed by atoms with E-state index in [0.29, 0.717) is 6.04 Å². The summed E-state index contributed by atoms with van der Waals surface area (Å²) in [6.45, 7) is 16.4. The summed E-state index contributed by atoms with van der Waals surface area (Å²) < 4.78 is 1.96. The van der Waals surface area contributed by atoms with E-state index in [9.17, 15) is 0 Å². The molecule has 1 aromatic heterocycles. The lowest BCUT2D eigenvalue weighted by atomic mass is 9.87. The lowest BCUT2D eigenvalue weighted by molar-refractivity contribution is 0.110. The van der Waals surface area contributed by atoms with E-state index >= 15 is 0 Å². The third kappa shape index (κ3) is 5.78. The molecule has 3 heterocycles. The summed E-state index contributed by atoms with van der Waals surface area (Å²) in [5.41, 5.74) is 1.12. The summed E-state index contributed by atoms with van der Waals surface area (Å²) in [5, 5.41) is 8.57. The van der Waals surface area contributed by atoms with E-state index in [2.05, 4.69) is 54.0 Å². The summed E-state index contributed by atoms with van der Waals surface area (Å²) in [6, 6.07) is 0.395. The first kappa shape index (κ1) is 19.8. The Morgan fingerprint density at radius 1 is 0.923 bits per heavy atom. The smallest absolute Gasteiger partial charge is 0.0967 e. The van der Waals surface area contributed by atoms with E-state index in [0.717, 1.165) is 30.0 Å². The van der Waals surface area contributed by atoms with Crippen molar-refractivity contribution in [3.63, 3.8) is 0 Å². The van der Waals surface area contributed by atoms with Crippen molar-refractivity contribution < 1.29 is 0 Å². The minimum absolute atomic E-state index is 0.395. The number of nitrogens with zero attached hydrogens (tertiary/aromatic N) is 5. The van der Waals surface area contributed by atoms with Crippen LogP contribution in [0, 0.1) is 17.8 Å². The lowest BCUT2D eigenvalue weighted by Gasteiger charge is -2.37. The number of rotatable bonds is 7. The van der Waals surface area contributed by atoms with Crippen molar-refractivity contribution in [1.82, 2.24) is 24.8 Å². The van der Waals surface area contributed by atoms with Crippen LogP contribution in [0.25, 0.3) is 0 Å². The van der Waals surface area contributed by atoms with Crippen LogP contribution in [0.15, 0.2) is 6.20 Å². The summed E-state index contributed by atoms with van der Waals surface area (Å²) in [7, 11) is 0. The minimum atomic E-state index is 0.395. The molecule has 0 aromatic carbocycles. The molecule has 26 heavy (non-hydrogen) atoms. The quantitative estimate of drug-likeness (QED) is 0.740. The van der Waals surface area contributed by atoms with Crippen LogP contribution in [-0.4, -0.2) is 57.5 Å². The Hall–Kier alpha value is -0.940. The molecule has 0 radical (unpaired) electrons. The van der Waals surface area contributed by atoms with Gasteiger partial charge in [0.15, 0.2) is 0 Å². The van der Waals surface area contributed by atoms with Gasteiger partial charge in [-0.1, -0.05) is 19.1 Å². The van der Waals surface area contributed by atoms with Gasteiger partial charge in [0.1, 0.15) is 0 Å². The fraction of sp³-hybridized carbons (Fsp3) is 0.905. The van der Waals surface area contributed by atoms with Gasteiger partial charge in [-0.15, -0.1) is 5.10 Å². The number of aromatic nitrogens is 3. The molecule has 0 spiro atoms. The molecule has 0 N–H and O–H groups in total. The summed E-state index contributed by atoms with van der Waals surface area (Å²) >= 11 is 0. The van der Waals surface area contributed by atoms with E-state index < -0.39 is 0 Å². The van der Waals surface area contributed by atoms with Gasteiger partial charge >= 0.3 is 0 Å². The predicted molar refractivity (Wildman–Crippen MR) is 107 cm³/mol. The maximum Gasteiger partial charge on any atom is 0.0967 e. The van der Waals surface area contributed by atoms with E-state index in [4.69, 9.17) is 0 Å². The molecule has 2 saturated heterocycles. The molecular formula is C21H39N5. The van der Waals surface area contributed by atoms with Crippen LogP contribution in [0.2, 0.25) is 0 Å². The van der Waals surface area contributed by atoms with E-state index in [1.54, 1.807) is 0 Å². The molecule has 5 nitrogen and oxygen atoms in total. The topological polar surface area (TPSA) is 37.2 Å². The van der Waals surface area contributed by atoms with Crippen LogP contribution in [0.1, 0.15) is 71.5 Å². The van der Waals surface area contributed by atoms with Crippen LogP contribution in [0.3, 0.4) is 0 Å². The Balaban J connectivity index is 1.35. The summed E-state index contributed by atoms with van der Waals surface area (Å²) in [6.07, 6.45) is 9.05. The SMILES string of the molecule is CC(C)CC1CCN(CC2CCN(Cc3cn(C(C)C)nn3)CC2)CC1. The first-order valence-electron chi connectivity index (χ1n) is 10.8. The van der Waals surface area contributed by atoms with Crippen molar-refractivity contribution in [3.05, 3.63) is 11.9 Å². The molecule has 0 amide bonds. The molecule has 0 unspecified atom stereocenters. The fourth-order valence-corrected chi connectivity index (χ4v) is 4.63. The zero-order valence-corrected chi connectivity index (χ0v) is 17.4. The minimum Gasteiger partial charge on any atom is -0.303 e. The first-order valence-corrected chi connectivity index (χ1v) is 10.8. The highest BCUT2D eigenvalue weighted by atomic mass is 15.4.